The van der Waals surface area contributed by atoms with Gasteiger partial charge in [-0.25, -0.2) is 4.98 Å². The van der Waals surface area contributed by atoms with Crippen molar-refractivity contribution < 1.29 is 4.92 Å². The molecule has 0 atom stereocenters. The molecule has 18 heavy (non-hydrogen) atoms. The minimum absolute atomic E-state index is 0.122. The Morgan fingerprint density at radius 1 is 1.33 bits per heavy atom. The predicted molar refractivity (Wildman–Crippen MR) is 69.0 cm³/mol. The summed E-state index contributed by atoms with van der Waals surface area (Å²) < 4.78 is 2.03. The van der Waals surface area contributed by atoms with E-state index in [9.17, 15) is 10.1 Å². The average molecular weight is 259 g/mol. The summed E-state index contributed by atoms with van der Waals surface area (Å²) in [7, 11) is 0. The first-order valence-electron chi connectivity index (χ1n) is 5.37. The lowest BCUT2D eigenvalue weighted by molar-refractivity contribution is -0.384. The lowest BCUT2D eigenvalue weighted by Gasteiger charge is -2.00. The molecule has 0 fully saturated rings. The molecular formula is C12H9N3O2S. The number of aromatic nitrogens is 2. The molecule has 3 aromatic rings. The summed E-state index contributed by atoms with van der Waals surface area (Å²) in [4.78, 5) is 15.4. The van der Waals surface area contributed by atoms with Gasteiger partial charge in [0.05, 0.1) is 4.92 Å². The zero-order valence-electron chi connectivity index (χ0n) is 9.31. The third-order valence-corrected chi connectivity index (χ3v) is 3.65. The van der Waals surface area contributed by atoms with E-state index in [-0.39, 0.29) is 10.6 Å². The number of thiazole rings is 1. The fourth-order valence-corrected chi connectivity index (χ4v) is 2.70. The fraction of sp³-hybridized carbons (Fsp3) is 0.0833. The van der Waals surface area contributed by atoms with Crippen molar-refractivity contribution in [3.8, 4) is 0 Å². The number of rotatable bonds is 3. The van der Waals surface area contributed by atoms with Crippen LogP contribution in [-0.4, -0.2) is 14.3 Å². The maximum Gasteiger partial charge on any atom is 0.269 e. The summed E-state index contributed by atoms with van der Waals surface area (Å²) in [6.07, 6.45) is 4.44. The Bertz CT molecular complexity index is 700. The van der Waals surface area contributed by atoms with E-state index in [1.54, 1.807) is 29.7 Å². The summed E-state index contributed by atoms with van der Waals surface area (Å²) in [5.41, 5.74) is 2.31. The van der Waals surface area contributed by atoms with Crippen LogP contribution in [0.5, 0.6) is 0 Å². The van der Waals surface area contributed by atoms with Crippen LogP contribution in [0, 0.1) is 10.1 Å². The first-order valence-corrected chi connectivity index (χ1v) is 6.25. The molecule has 2 aromatic heterocycles. The van der Waals surface area contributed by atoms with E-state index in [2.05, 4.69) is 10.4 Å². The summed E-state index contributed by atoms with van der Waals surface area (Å²) >= 11 is 1.59. The third kappa shape index (κ3) is 1.86. The second-order valence-corrected chi connectivity index (χ2v) is 4.74. The molecule has 3 rings (SSSR count). The Hall–Kier alpha value is -2.21. The number of nitro benzene ring substituents is 1. The second-order valence-electron chi connectivity index (χ2n) is 3.91. The Labute approximate surface area is 106 Å². The molecule has 0 saturated heterocycles. The van der Waals surface area contributed by atoms with Crippen LogP contribution in [0.15, 0.2) is 42.0 Å². The van der Waals surface area contributed by atoms with E-state index < -0.39 is 0 Å². The van der Waals surface area contributed by atoms with Gasteiger partial charge in [0.15, 0.2) is 4.96 Å². The maximum absolute atomic E-state index is 10.6. The fourth-order valence-electron chi connectivity index (χ4n) is 1.84. The molecule has 5 nitrogen and oxygen atoms in total. The predicted octanol–water partition coefficient (Wildman–Crippen LogP) is 2.89. The Kier molecular flexibility index (Phi) is 2.56. The van der Waals surface area contributed by atoms with Gasteiger partial charge in [0.25, 0.3) is 5.69 Å². The maximum atomic E-state index is 10.6. The number of imidazole rings is 1. The number of benzene rings is 1. The molecule has 0 amide bonds. The second kappa shape index (κ2) is 4.23. The topological polar surface area (TPSA) is 60.4 Å². The molecule has 2 heterocycles. The van der Waals surface area contributed by atoms with Gasteiger partial charge in [-0.1, -0.05) is 12.1 Å². The highest BCUT2D eigenvalue weighted by Gasteiger charge is 2.07. The van der Waals surface area contributed by atoms with Gasteiger partial charge in [-0.05, 0) is 5.56 Å². The van der Waals surface area contributed by atoms with Crippen molar-refractivity contribution in [1.29, 1.82) is 0 Å². The van der Waals surface area contributed by atoms with Gasteiger partial charge in [0.2, 0.25) is 0 Å². The van der Waals surface area contributed by atoms with E-state index in [0.29, 0.717) is 0 Å². The molecule has 0 bridgehead atoms. The Morgan fingerprint density at radius 3 is 2.83 bits per heavy atom. The average Bonchev–Trinajstić information content (AvgIpc) is 2.95. The van der Waals surface area contributed by atoms with E-state index in [4.69, 9.17) is 0 Å². The number of nitro groups is 1. The minimum Gasteiger partial charge on any atom is -0.294 e. The number of fused-ring (bicyclic) bond motifs is 1. The monoisotopic (exact) mass is 259 g/mol. The zero-order chi connectivity index (χ0) is 12.5. The molecule has 0 unspecified atom stereocenters. The van der Waals surface area contributed by atoms with Gasteiger partial charge in [0, 0.05) is 42.0 Å². The Morgan fingerprint density at radius 2 is 2.11 bits per heavy atom. The van der Waals surface area contributed by atoms with Crippen LogP contribution in [0.25, 0.3) is 4.96 Å². The van der Waals surface area contributed by atoms with Gasteiger partial charge >= 0.3 is 0 Å². The molecule has 0 spiro atoms. The first kappa shape index (κ1) is 10.9. The highest BCUT2D eigenvalue weighted by atomic mass is 32.1. The highest BCUT2D eigenvalue weighted by Crippen LogP contribution is 2.19. The van der Waals surface area contributed by atoms with Crippen molar-refractivity contribution in [3.63, 3.8) is 0 Å². The Balaban J connectivity index is 1.88. The van der Waals surface area contributed by atoms with Crippen molar-refractivity contribution in [2.24, 2.45) is 0 Å². The molecule has 6 heteroatoms. The molecule has 0 saturated carbocycles. The molecule has 0 aliphatic rings. The summed E-state index contributed by atoms with van der Waals surface area (Å²) in [6, 6.07) is 6.65. The van der Waals surface area contributed by atoms with E-state index in [1.165, 1.54) is 12.1 Å². The highest BCUT2D eigenvalue weighted by molar-refractivity contribution is 7.15. The number of hydrogen-bond acceptors (Lipinski definition) is 4. The first-order chi connectivity index (χ1) is 8.74. The standard InChI is InChI=1S/C12H9N3O2S/c16-15(17)10-3-1-9(2-4-10)7-11-8-18-12-13-5-6-14(11)12/h1-6,8H,7H2. The van der Waals surface area contributed by atoms with E-state index >= 15 is 0 Å². The van der Waals surface area contributed by atoms with Gasteiger partial charge < -0.3 is 0 Å². The van der Waals surface area contributed by atoms with E-state index in [0.717, 1.165) is 22.6 Å². The SMILES string of the molecule is O=[N+]([O-])c1ccc(Cc2csc3nccn23)cc1. The van der Waals surface area contributed by atoms with Crippen LogP contribution in [0.1, 0.15) is 11.3 Å². The van der Waals surface area contributed by atoms with Gasteiger partial charge in [0.1, 0.15) is 0 Å². The van der Waals surface area contributed by atoms with Crippen molar-refractivity contribution in [2.45, 2.75) is 6.42 Å². The van der Waals surface area contributed by atoms with Crippen LogP contribution in [0.2, 0.25) is 0 Å². The van der Waals surface area contributed by atoms with Crippen LogP contribution in [0.4, 0.5) is 5.69 Å². The van der Waals surface area contributed by atoms with Crippen LogP contribution >= 0.6 is 11.3 Å². The molecule has 1 aromatic carbocycles. The molecule has 90 valence electrons. The summed E-state index contributed by atoms with van der Waals surface area (Å²) in [5.74, 6) is 0. The molecule has 0 aliphatic heterocycles. The smallest absolute Gasteiger partial charge is 0.269 e. The van der Waals surface area contributed by atoms with Gasteiger partial charge in [-0.15, -0.1) is 11.3 Å². The summed E-state index contributed by atoms with van der Waals surface area (Å²) in [5, 5.41) is 12.6. The number of hydrogen-bond donors (Lipinski definition) is 0. The summed E-state index contributed by atoms with van der Waals surface area (Å²) in [6.45, 7) is 0. The third-order valence-electron chi connectivity index (χ3n) is 2.75. The van der Waals surface area contributed by atoms with Crippen molar-refractivity contribution >= 4 is 22.0 Å². The largest absolute Gasteiger partial charge is 0.294 e. The lowest BCUT2D eigenvalue weighted by atomic mass is 10.1. The normalized spacial score (nSPS) is 10.9. The van der Waals surface area contributed by atoms with Crippen molar-refractivity contribution in [3.05, 3.63) is 63.4 Å². The zero-order valence-corrected chi connectivity index (χ0v) is 10.1. The minimum atomic E-state index is -0.386. The molecule has 0 N–H and O–H groups in total. The molecule has 0 aliphatic carbocycles. The molecular weight excluding hydrogens is 250 g/mol. The van der Waals surface area contributed by atoms with Crippen molar-refractivity contribution in [1.82, 2.24) is 9.38 Å². The number of nitrogens with zero attached hydrogens (tertiary/aromatic N) is 3. The van der Waals surface area contributed by atoms with Gasteiger partial charge in [-0.3, -0.25) is 14.5 Å². The van der Waals surface area contributed by atoms with E-state index in [1.807, 2.05) is 10.6 Å². The van der Waals surface area contributed by atoms with Crippen LogP contribution < -0.4 is 0 Å². The van der Waals surface area contributed by atoms with Gasteiger partial charge in [-0.2, -0.15) is 0 Å². The van der Waals surface area contributed by atoms with Crippen molar-refractivity contribution in [2.75, 3.05) is 0 Å². The number of non-ortho nitro benzene ring substituents is 1. The van der Waals surface area contributed by atoms with Crippen LogP contribution in [-0.2, 0) is 6.42 Å². The quantitative estimate of drug-likeness (QED) is 0.536. The lowest BCUT2D eigenvalue weighted by Crippen LogP contribution is -1.93. The molecule has 0 radical (unpaired) electrons. The van der Waals surface area contributed by atoms with Crippen LogP contribution in [0.3, 0.4) is 0 Å².